The van der Waals surface area contributed by atoms with E-state index in [-0.39, 0.29) is 30.8 Å². The van der Waals surface area contributed by atoms with E-state index in [1.165, 1.54) is 36.2 Å². The minimum atomic E-state index is -0.797. The van der Waals surface area contributed by atoms with Gasteiger partial charge >= 0.3 is 0 Å². The molecule has 0 aromatic heterocycles. The third-order valence-electron chi connectivity index (χ3n) is 3.79. The fraction of sp³-hybridized carbons (Fsp3) is 0.222. The smallest absolute Gasteiger partial charge is 0.265 e. The second-order valence-corrected chi connectivity index (χ2v) is 5.44. The van der Waals surface area contributed by atoms with E-state index >= 15 is 0 Å². The molecule has 1 N–H and O–H groups in total. The zero-order valence-electron chi connectivity index (χ0n) is 13.6. The van der Waals surface area contributed by atoms with Gasteiger partial charge in [-0.3, -0.25) is 9.59 Å². The normalized spacial score (nSPS) is 15.8. The molecule has 6 nitrogen and oxygen atoms in total. The number of fused-ring (bicyclic) bond motifs is 1. The third kappa shape index (κ3) is 3.71. The van der Waals surface area contributed by atoms with Crippen molar-refractivity contribution in [3.05, 3.63) is 54.3 Å². The monoisotopic (exact) mass is 344 g/mol. The highest BCUT2D eigenvalue weighted by atomic mass is 19.1. The number of benzene rings is 2. The van der Waals surface area contributed by atoms with E-state index in [1.54, 1.807) is 24.3 Å². The maximum absolute atomic E-state index is 12.9. The molecule has 0 saturated heterocycles. The summed E-state index contributed by atoms with van der Waals surface area (Å²) in [6.07, 6.45) is -0.797. The second kappa shape index (κ2) is 7.21. The van der Waals surface area contributed by atoms with Gasteiger partial charge in [0.05, 0.1) is 12.2 Å². The Hall–Kier alpha value is -3.09. The molecule has 0 radical (unpaired) electrons. The molecule has 0 saturated carbocycles. The summed E-state index contributed by atoms with van der Waals surface area (Å²) < 4.78 is 24.0. The van der Waals surface area contributed by atoms with Gasteiger partial charge in [0.1, 0.15) is 17.3 Å². The van der Waals surface area contributed by atoms with Crippen molar-refractivity contribution in [3.63, 3.8) is 0 Å². The van der Waals surface area contributed by atoms with E-state index in [1.807, 2.05) is 0 Å². The van der Waals surface area contributed by atoms with E-state index in [9.17, 15) is 14.0 Å². The van der Waals surface area contributed by atoms with Crippen LogP contribution in [-0.2, 0) is 9.59 Å². The molecule has 1 aliphatic heterocycles. The topological polar surface area (TPSA) is 67.9 Å². The number of carbonyl (C=O) groups excluding carboxylic acids is 2. The molecule has 7 heteroatoms. The lowest BCUT2D eigenvalue weighted by Crippen LogP contribution is -2.51. The fourth-order valence-electron chi connectivity index (χ4n) is 2.52. The molecule has 3 rings (SSSR count). The Morgan fingerprint density at radius 1 is 1.24 bits per heavy atom. The second-order valence-electron chi connectivity index (χ2n) is 5.44. The first-order valence-electron chi connectivity index (χ1n) is 7.74. The van der Waals surface area contributed by atoms with Crippen LogP contribution in [0.5, 0.6) is 11.5 Å². The van der Waals surface area contributed by atoms with Gasteiger partial charge in [0.25, 0.3) is 11.8 Å². The molecule has 130 valence electrons. The molecule has 1 aliphatic rings. The van der Waals surface area contributed by atoms with Gasteiger partial charge in [-0.05, 0) is 36.4 Å². The molecule has 2 amide bonds. The third-order valence-corrected chi connectivity index (χ3v) is 3.79. The van der Waals surface area contributed by atoms with E-state index in [0.717, 1.165) is 0 Å². The number of amides is 2. The molecule has 0 unspecified atom stereocenters. The average Bonchev–Trinajstić information content (AvgIpc) is 2.65. The van der Waals surface area contributed by atoms with Crippen LogP contribution in [0.4, 0.5) is 10.1 Å². The Labute approximate surface area is 144 Å². The molecule has 2 aromatic rings. The van der Waals surface area contributed by atoms with Gasteiger partial charge in [0.15, 0.2) is 12.7 Å². The number of likely N-dealkylation sites (N-methyl/N-ethyl adjacent to an activating group) is 1. The van der Waals surface area contributed by atoms with Crippen molar-refractivity contribution in [2.24, 2.45) is 0 Å². The first kappa shape index (κ1) is 16.8. The van der Waals surface area contributed by atoms with Crippen LogP contribution in [0.1, 0.15) is 0 Å². The number of hydrogen-bond donors (Lipinski definition) is 1. The van der Waals surface area contributed by atoms with Crippen molar-refractivity contribution >= 4 is 17.5 Å². The molecule has 2 aromatic carbocycles. The quantitative estimate of drug-likeness (QED) is 0.917. The number of nitrogens with one attached hydrogen (secondary N) is 1. The lowest BCUT2D eigenvalue weighted by molar-refractivity contribution is -0.128. The standard InChI is InChI=1S/C18H17FN2O4/c1-20-18(23)16-10-21(14-4-2-3-5-15(14)25-16)17(22)11-24-13-8-6-12(19)7-9-13/h2-9,16H,10-11H2,1H3,(H,20,23)/t16-/m1/s1. The zero-order valence-corrected chi connectivity index (χ0v) is 13.6. The zero-order chi connectivity index (χ0) is 17.8. The Bertz CT molecular complexity index is 779. The molecular formula is C18H17FN2O4. The summed E-state index contributed by atoms with van der Waals surface area (Å²) in [4.78, 5) is 26.0. The predicted molar refractivity (Wildman–Crippen MR) is 89.2 cm³/mol. The Balaban J connectivity index is 1.75. The number of halogens is 1. The van der Waals surface area contributed by atoms with Gasteiger partial charge in [-0.2, -0.15) is 0 Å². The first-order chi connectivity index (χ1) is 12.1. The summed E-state index contributed by atoms with van der Waals surface area (Å²) in [5.41, 5.74) is 0.579. The number of anilines is 1. The van der Waals surface area contributed by atoms with Gasteiger partial charge in [0, 0.05) is 7.05 Å². The van der Waals surface area contributed by atoms with E-state index < -0.39 is 6.10 Å². The van der Waals surface area contributed by atoms with Crippen LogP contribution in [0.2, 0.25) is 0 Å². The average molecular weight is 344 g/mol. The number of ether oxygens (including phenoxy) is 2. The molecule has 0 spiro atoms. The van der Waals surface area contributed by atoms with Crippen molar-refractivity contribution in [1.82, 2.24) is 5.32 Å². The van der Waals surface area contributed by atoms with Crippen molar-refractivity contribution in [2.45, 2.75) is 6.10 Å². The molecule has 0 bridgehead atoms. The summed E-state index contributed by atoms with van der Waals surface area (Å²) in [6, 6.07) is 12.4. The lowest BCUT2D eigenvalue weighted by atomic mass is 10.1. The largest absolute Gasteiger partial charge is 0.484 e. The number of hydrogen-bond acceptors (Lipinski definition) is 4. The van der Waals surface area contributed by atoms with Gasteiger partial charge in [-0.15, -0.1) is 0 Å². The maximum Gasteiger partial charge on any atom is 0.265 e. The van der Waals surface area contributed by atoms with Crippen LogP contribution >= 0.6 is 0 Å². The van der Waals surface area contributed by atoms with Gasteiger partial charge in [-0.1, -0.05) is 12.1 Å². The highest BCUT2D eigenvalue weighted by Gasteiger charge is 2.33. The van der Waals surface area contributed by atoms with Gasteiger partial charge < -0.3 is 19.7 Å². The summed E-state index contributed by atoms with van der Waals surface area (Å²) >= 11 is 0. The molecule has 25 heavy (non-hydrogen) atoms. The Morgan fingerprint density at radius 2 is 1.96 bits per heavy atom. The Kier molecular flexibility index (Phi) is 4.83. The molecule has 0 aliphatic carbocycles. The number of carbonyl (C=O) groups is 2. The highest BCUT2D eigenvalue weighted by Crippen LogP contribution is 2.33. The highest BCUT2D eigenvalue weighted by molar-refractivity contribution is 5.98. The Morgan fingerprint density at radius 3 is 2.68 bits per heavy atom. The van der Waals surface area contributed by atoms with Crippen LogP contribution < -0.4 is 19.7 Å². The first-order valence-corrected chi connectivity index (χ1v) is 7.74. The van der Waals surface area contributed by atoms with Gasteiger partial charge in [-0.25, -0.2) is 4.39 Å². The summed E-state index contributed by atoms with van der Waals surface area (Å²) in [7, 11) is 1.51. The summed E-state index contributed by atoms with van der Waals surface area (Å²) in [5, 5.41) is 2.52. The number of rotatable bonds is 4. The van der Waals surface area contributed by atoms with E-state index in [4.69, 9.17) is 9.47 Å². The fourth-order valence-corrected chi connectivity index (χ4v) is 2.52. The number of nitrogens with zero attached hydrogens (tertiary/aromatic N) is 1. The summed E-state index contributed by atoms with van der Waals surface area (Å²) in [6.45, 7) is -0.150. The van der Waals surface area contributed by atoms with Crippen molar-refractivity contribution < 1.29 is 23.5 Å². The number of para-hydroxylation sites is 2. The maximum atomic E-state index is 12.9. The van der Waals surface area contributed by atoms with E-state index in [0.29, 0.717) is 17.2 Å². The molecule has 1 atom stereocenters. The van der Waals surface area contributed by atoms with Crippen LogP contribution in [-0.4, -0.2) is 38.1 Å². The minimum Gasteiger partial charge on any atom is -0.484 e. The molecular weight excluding hydrogens is 327 g/mol. The summed E-state index contributed by atoms with van der Waals surface area (Å²) in [5.74, 6) is -0.174. The predicted octanol–water partition coefficient (Wildman–Crippen LogP) is 1.74. The van der Waals surface area contributed by atoms with E-state index in [2.05, 4.69) is 5.32 Å². The molecule has 0 fully saturated rings. The van der Waals surface area contributed by atoms with Crippen molar-refractivity contribution in [3.8, 4) is 11.5 Å². The van der Waals surface area contributed by atoms with Crippen molar-refractivity contribution in [2.75, 3.05) is 25.1 Å². The van der Waals surface area contributed by atoms with Crippen LogP contribution in [0.3, 0.4) is 0 Å². The van der Waals surface area contributed by atoms with Crippen LogP contribution in [0, 0.1) is 5.82 Å². The van der Waals surface area contributed by atoms with Crippen molar-refractivity contribution in [1.29, 1.82) is 0 Å². The SMILES string of the molecule is CNC(=O)[C@H]1CN(C(=O)COc2ccc(F)cc2)c2ccccc2O1. The lowest BCUT2D eigenvalue weighted by Gasteiger charge is -2.33. The molecule has 1 heterocycles. The van der Waals surface area contributed by atoms with Gasteiger partial charge in [0.2, 0.25) is 0 Å². The minimum absolute atomic E-state index is 0.0856. The van der Waals surface area contributed by atoms with Crippen LogP contribution in [0.15, 0.2) is 48.5 Å². The van der Waals surface area contributed by atoms with Crippen LogP contribution in [0.25, 0.3) is 0 Å².